The molecule has 0 unspecified atom stereocenters. The van der Waals surface area contributed by atoms with E-state index in [1.807, 2.05) is 19.1 Å². The van der Waals surface area contributed by atoms with Gasteiger partial charge in [0.15, 0.2) is 16.8 Å². The fourth-order valence-electron chi connectivity index (χ4n) is 3.14. The Kier molecular flexibility index (Phi) is 4.74. The predicted molar refractivity (Wildman–Crippen MR) is 104 cm³/mol. The summed E-state index contributed by atoms with van der Waals surface area (Å²) in [5, 5.41) is 1.59. The van der Waals surface area contributed by atoms with Gasteiger partial charge in [0, 0.05) is 36.8 Å². The van der Waals surface area contributed by atoms with Crippen LogP contribution in [0.15, 0.2) is 30.3 Å². The van der Waals surface area contributed by atoms with Crippen molar-refractivity contribution in [2.24, 2.45) is 0 Å². The molecule has 4 nitrogen and oxygen atoms in total. The molecule has 0 radical (unpaired) electrons. The van der Waals surface area contributed by atoms with Crippen LogP contribution in [-0.4, -0.2) is 42.0 Å². The number of hydrogen-bond donors (Lipinski definition) is 0. The molecule has 1 aliphatic rings. The molecule has 0 N–H and O–H groups in total. The quantitative estimate of drug-likeness (QED) is 0.627. The topological polar surface area (TPSA) is 36.4 Å². The van der Waals surface area contributed by atoms with Gasteiger partial charge in [-0.2, -0.15) is 0 Å². The second-order valence-electron chi connectivity index (χ2n) is 6.42. The van der Waals surface area contributed by atoms with Gasteiger partial charge in [0.2, 0.25) is 0 Å². The molecule has 4 rings (SSSR count). The summed E-state index contributed by atoms with van der Waals surface area (Å²) in [6.45, 7) is 4.19. The van der Waals surface area contributed by atoms with Crippen LogP contribution in [-0.2, 0) is 0 Å². The highest BCUT2D eigenvalue weighted by molar-refractivity contribution is 7.22. The first-order valence-electron chi connectivity index (χ1n) is 8.49. The monoisotopic (exact) mass is 407 g/mol. The van der Waals surface area contributed by atoms with Gasteiger partial charge in [-0.15, -0.1) is 0 Å². The summed E-state index contributed by atoms with van der Waals surface area (Å²) in [6, 6.07) is 7.08. The highest BCUT2D eigenvalue weighted by Crippen LogP contribution is 2.33. The smallest absolute Gasteiger partial charge is 0.254 e. The van der Waals surface area contributed by atoms with E-state index < -0.39 is 11.6 Å². The van der Waals surface area contributed by atoms with E-state index in [2.05, 4.69) is 4.90 Å². The largest absolute Gasteiger partial charge is 0.345 e. The molecule has 1 saturated heterocycles. The minimum Gasteiger partial charge on any atom is -0.345 e. The molecule has 8 heteroatoms. The van der Waals surface area contributed by atoms with Crippen LogP contribution in [0.2, 0.25) is 5.02 Å². The van der Waals surface area contributed by atoms with Crippen molar-refractivity contribution in [3.8, 4) is 0 Å². The zero-order valence-corrected chi connectivity index (χ0v) is 16.1. The molecule has 1 aromatic heterocycles. The van der Waals surface area contributed by atoms with Crippen molar-refractivity contribution in [2.45, 2.75) is 6.92 Å². The number of amides is 1. The molecule has 27 heavy (non-hydrogen) atoms. The molecule has 0 spiro atoms. The molecule has 140 valence electrons. The number of carbonyl (C=O) groups excluding carboxylic acids is 1. The molecule has 2 heterocycles. The Labute approximate surface area is 164 Å². The maximum absolute atomic E-state index is 13.4. The number of anilines is 1. The Bertz CT molecular complexity index is 1030. The van der Waals surface area contributed by atoms with E-state index in [0.717, 1.165) is 33.0 Å². The Morgan fingerprint density at radius 3 is 2.56 bits per heavy atom. The van der Waals surface area contributed by atoms with Gasteiger partial charge in [0.25, 0.3) is 5.91 Å². The first-order valence-corrected chi connectivity index (χ1v) is 9.68. The Hall–Kier alpha value is -2.25. The summed E-state index contributed by atoms with van der Waals surface area (Å²) in [5.74, 6) is -2.26. The third kappa shape index (κ3) is 3.37. The van der Waals surface area contributed by atoms with Gasteiger partial charge in [-0.3, -0.25) is 4.79 Å². The van der Waals surface area contributed by atoms with E-state index >= 15 is 0 Å². The van der Waals surface area contributed by atoms with Crippen molar-refractivity contribution in [3.05, 3.63) is 58.1 Å². The number of hydrogen-bond acceptors (Lipinski definition) is 4. The number of halogens is 3. The average Bonchev–Trinajstić information content (AvgIpc) is 3.12. The van der Waals surface area contributed by atoms with Gasteiger partial charge in [0.1, 0.15) is 0 Å². The van der Waals surface area contributed by atoms with E-state index in [0.29, 0.717) is 31.2 Å². The van der Waals surface area contributed by atoms with Crippen LogP contribution in [0.3, 0.4) is 0 Å². The maximum Gasteiger partial charge on any atom is 0.254 e. The van der Waals surface area contributed by atoms with Gasteiger partial charge >= 0.3 is 0 Å². The normalized spacial score (nSPS) is 14.8. The molecule has 0 atom stereocenters. The number of aryl methyl sites for hydroxylation is 1. The highest BCUT2D eigenvalue weighted by atomic mass is 35.5. The fraction of sp³-hybridized carbons (Fsp3) is 0.263. The molecular weight excluding hydrogens is 392 g/mol. The van der Waals surface area contributed by atoms with Gasteiger partial charge in [-0.05, 0) is 42.8 Å². The van der Waals surface area contributed by atoms with Gasteiger partial charge in [-0.1, -0.05) is 22.9 Å². The van der Waals surface area contributed by atoms with Crippen molar-refractivity contribution >= 4 is 44.2 Å². The van der Waals surface area contributed by atoms with Gasteiger partial charge in [-0.25, -0.2) is 13.8 Å². The van der Waals surface area contributed by atoms with Crippen molar-refractivity contribution < 1.29 is 13.6 Å². The maximum atomic E-state index is 13.4. The lowest BCUT2D eigenvalue weighted by molar-refractivity contribution is 0.0746. The number of thiazole rings is 1. The number of aromatic nitrogens is 1. The number of rotatable bonds is 2. The minimum atomic E-state index is -1.01. The Balaban J connectivity index is 1.48. The van der Waals surface area contributed by atoms with Crippen LogP contribution in [0.5, 0.6) is 0 Å². The SMILES string of the molecule is Cc1c(Cl)ccc2sc(N3CCN(C(=O)c4ccc(F)c(F)c4)CC3)nc12. The number of benzene rings is 2. The van der Waals surface area contributed by atoms with E-state index in [1.54, 1.807) is 16.2 Å². The summed E-state index contributed by atoms with van der Waals surface area (Å²) < 4.78 is 27.5. The average molecular weight is 408 g/mol. The number of piperazine rings is 1. The molecule has 0 saturated carbocycles. The van der Waals surface area contributed by atoms with E-state index in [-0.39, 0.29) is 11.5 Å². The third-order valence-corrected chi connectivity index (χ3v) is 6.23. The molecule has 1 amide bonds. The lowest BCUT2D eigenvalue weighted by Crippen LogP contribution is -2.48. The van der Waals surface area contributed by atoms with Crippen LogP contribution in [0, 0.1) is 18.6 Å². The summed E-state index contributed by atoms with van der Waals surface area (Å²) in [7, 11) is 0. The summed E-state index contributed by atoms with van der Waals surface area (Å²) in [5.41, 5.74) is 2.03. The second-order valence-corrected chi connectivity index (χ2v) is 7.84. The van der Waals surface area contributed by atoms with Crippen LogP contribution >= 0.6 is 22.9 Å². The molecule has 0 bridgehead atoms. The van der Waals surface area contributed by atoms with Crippen LogP contribution in [0.1, 0.15) is 15.9 Å². The van der Waals surface area contributed by atoms with Crippen molar-refractivity contribution in [3.63, 3.8) is 0 Å². The molecule has 0 aliphatic carbocycles. The molecule has 2 aromatic carbocycles. The fourth-order valence-corrected chi connectivity index (χ4v) is 4.37. The van der Waals surface area contributed by atoms with E-state index in [9.17, 15) is 13.6 Å². The Morgan fingerprint density at radius 2 is 1.85 bits per heavy atom. The first kappa shape index (κ1) is 18.1. The predicted octanol–water partition coefficient (Wildman–Crippen LogP) is 4.50. The second kappa shape index (κ2) is 7.05. The molecule has 1 aliphatic heterocycles. The molecule has 3 aromatic rings. The lowest BCUT2D eigenvalue weighted by atomic mass is 10.1. The Morgan fingerprint density at radius 1 is 1.11 bits per heavy atom. The molecule has 1 fully saturated rings. The third-order valence-electron chi connectivity index (χ3n) is 4.74. The number of carbonyl (C=O) groups is 1. The van der Waals surface area contributed by atoms with Gasteiger partial charge in [0.05, 0.1) is 10.2 Å². The minimum absolute atomic E-state index is 0.160. The van der Waals surface area contributed by atoms with Crippen molar-refractivity contribution in [1.29, 1.82) is 0 Å². The van der Waals surface area contributed by atoms with Crippen LogP contribution < -0.4 is 4.90 Å². The standard InChI is InChI=1S/C19H16ClF2N3OS/c1-11-13(20)3-5-16-17(11)23-19(27-16)25-8-6-24(7-9-25)18(26)12-2-4-14(21)15(22)10-12/h2-5,10H,6-9H2,1H3. The van der Waals surface area contributed by atoms with Crippen LogP contribution in [0.25, 0.3) is 10.2 Å². The van der Waals surface area contributed by atoms with Crippen molar-refractivity contribution in [1.82, 2.24) is 9.88 Å². The van der Waals surface area contributed by atoms with E-state index in [4.69, 9.17) is 16.6 Å². The zero-order chi connectivity index (χ0) is 19.1. The van der Waals surface area contributed by atoms with Crippen molar-refractivity contribution in [2.75, 3.05) is 31.1 Å². The first-order chi connectivity index (χ1) is 12.9. The summed E-state index contributed by atoms with van der Waals surface area (Å²) >= 11 is 7.77. The lowest BCUT2D eigenvalue weighted by Gasteiger charge is -2.34. The number of nitrogens with zero attached hydrogens (tertiary/aromatic N) is 3. The number of fused-ring (bicyclic) bond motifs is 1. The van der Waals surface area contributed by atoms with Gasteiger partial charge < -0.3 is 9.80 Å². The summed E-state index contributed by atoms with van der Waals surface area (Å²) in [4.78, 5) is 21.0. The zero-order valence-electron chi connectivity index (χ0n) is 14.5. The van der Waals surface area contributed by atoms with Crippen LogP contribution in [0.4, 0.5) is 13.9 Å². The summed E-state index contributed by atoms with van der Waals surface area (Å²) in [6.07, 6.45) is 0. The molecular formula is C19H16ClF2N3OS. The van der Waals surface area contributed by atoms with E-state index in [1.165, 1.54) is 6.07 Å². The highest BCUT2D eigenvalue weighted by Gasteiger charge is 2.24.